The van der Waals surface area contributed by atoms with Crippen molar-refractivity contribution in [2.75, 3.05) is 26.3 Å². The number of morpholine rings is 1. The minimum atomic E-state index is -0.442. The summed E-state index contributed by atoms with van der Waals surface area (Å²) in [5.74, 6) is -0.254. The summed E-state index contributed by atoms with van der Waals surface area (Å²) in [6.45, 7) is 5.09. The Morgan fingerprint density at radius 2 is 2.22 bits per heavy atom. The summed E-state index contributed by atoms with van der Waals surface area (Å²) in [6.07, 6.45) is -0.442. The Morgan fingerprint density at radius 3 is 2.94 bits per heavy atom. The molecule has 0 spiro atoms. The fraction of sp³-hybridized carbons (Fsp3) is 0.500. The Labute approximate surface area is 107 Å². The van der Waals surface area contributed by atoms with Crippen LogP contribution in [-0.2, 0) is 20.8 Å². The first-order valence-electron chi connectivity index (χ1n) is 6.34. The van der Waals surface area contributed by atoms with Crippen molar-refractivity contribution >= 4 is 5.97 Å². The summed E-state index contributed by atoms with van der Waals surface area (Å²) in [5, 5.41) is 0. The van der Waals surface area contributed by atoms with Crippen molar-refractivity contribution < 1.29 is 14.3 Å². The monoisotopic (exact) mass is 249 g/mol. The lowest BCUT2D eigenvalue weighted by Gasteiger charge is -2.31. The number of ether oxygens (including phenoxy) is 2. The van der Waals surface area contributed by atoms with Crippen LogP contribution in [0.25, 0.3) is 0 Å². The maximum absolute atomic E-state index is 11.6. The first kappa shape index (κ1) is 13.1. The van der Waals surface area contributed by atoms with Crippen molar-refractivity contribution in [1.82, 2.24) is 4.90 Å². The van der Waals surface area contributed by atoms with Crippen LogP contribution < -0.4 is 0 Å². The van der Waals surface area contributed by atoms with Gasteiger partial charge in [-0.25, -0.2) is 4.79 Å². The second-order valence-electron chi connectivity index (χ2n) is 4.33. The smallest absolute Gasteiger partial charge is 0.336 e. The molecule has 1 aliphatic heterocycles. The maximum Gasteiger partial charge on any atom is 0.336 e. The van der Waals surface area contributed by atoms with Gasteiger partial charge in [0.15, 0.2) is 6.10 Å². The molecule has 0 radical (unpaired) electrons. The minimum absolute atomic E-state index is 0.254. The molecule has 0 aliphatic carbocycles. The van der Waals surface area contributed by atoms with Crippen molar-refractivity contribution in [2.45, 2.75) is 19.6 Å². The minimum Gasteiger partial charge on any atom is -0.464 e. The fourth-order valence-corrected chi connectivity index (χ4v) is 2.07. The molecule has 2 rings (SSSR count). The lowest BCUT2D eigenvalue weighted by molar-refractivity contribution is -0.162. The van der Waals surface area contributed by atoms with Crippen LogP contribution in [0.1, 0.15) is 12.5 Å². The second-order valence-corrected chi connectivity index (χ2v) is 4.33. The van der Waals surface area contributed by atoms with Crippen LogP contribution in [0.5, 0.6) is 0 Å². The molecule has 18 heavy (non-hydrogen) atoms. The number of esters is 1. The molecular weight excluding hydrogens is 230 g/mol. The Morgan fingerprint density at radius 1 is 1.44 bits per heavy atom. The van der Waals surface area contributed by atoms with Gasteiger partial charge >= 0.3 is 5.97 Å². The van der Waals surface area contributed by atoms with Crippen molar-refractivity contribution in [2.24, 2.45) is 0 Å². The van der Waals surface area contributed by atoms with Gasteiger partial charge in [0.1, 0.15) is 0 Å². The highest BCUT2D eigenvalue weighted by atomic mass is 16.6. The van der Waals surface area contributed by atoms with Crippen LogP contribution in [0.3, 0.4) is 0 Å². The third-order valence-electron chi connectivity index (χ3n) is 2.95. The summed E-state index contributed by atoms with van der Waals surface area (Å²) in [6, 6.07) is 10.2. The average Bonchev–Trinajstić information content (AvgIpc) is 2.40. The molecule has 1 saturated heterocycles. The average molecular weight is 249 g/mol. The van der Waals surface area contributed by atoms with Crippen LogP contribution in [0.2, 0.25) is 0 Å². The van der Waals surface area contributed by atoms with Crippen molar-refractivity contribution in [3.05, 3.63) is 35.9 Å². The number of hydrogen-bond acceptors (Lipinski definition) is 4. The van der Waals surface area contributed by atoms with Gasteiger partial charge in [0.25, 0.3) is 0 Å². The lowest BCUT2D eigenvalue weighted by atomic mass is 10.2. The summed E-state index contributed by atoms with van der Waals surface area (Å²) in [7, 11) is 0. The van der Waals surface area contributed by atoms with Crippen molar-refractivity contribution in [1.29, 1.82) is 0 Å². The van der Waals surface area contributed by atoms with Gasteiger partial charge in [-0.3, -0.25) is 4.90 Å². The van der Waals surface area contributed by atoms with Crippen LogP contribution >= 0.6 is 0 Å². The predicted octanol–water partition coefficient (Wildman–Crippen LogP) is 1.45. The Hall–Kier alpha value is -1.39. The van der Waals surface area contributed by atoms with Gasteiger partial charge in [0.2, 0.25) is 0 Å². The standard InChI is InChI=1S/C14H19NO3/c1-2-17-14(16)13-11-15(8-9-18-13)10-12-6-4-3-5-7-12/h3-7,13H,2,8-11H2,1H3/t13-/m0/s1. The van der Waals surface area contributed by atoms with E-state index in [2.05, 4.69) is 17.0 Å². The molecule has 4 heteroatoms. The van der Waals surface area contributed by atoms with Gasteiger partial charge < -0.3 is 9.47 Å². The van der Waals surface area contributed by atoms with E-state index in [4.69, 9.17) is 9.47 Å². The topological polar surface area (TPSA) is 38.8 Å². The maximum atomic E-state index is 11.6. The van der Waals surface area contributed by atoms with E-state index in [1.54, 1.807) is 0 Å². The first-order valence-corrected chi connectivity index (χ1v) is 6.34. The third-order valence-corrected chi connectivity index (χ3v) is 2.95. The molecule has 1 aromatic rings. The van der Waals surface area contributed by atoms with Crippen LogP contribution in [0, 0.1) is 0 Å². The SMILES string of the molecule is CCOC(=O)[C@@H]1CN(Cc2ccccc2)CCO1. The Kier molecular flexibility index (Phi) is 4.73. The normalized spacial score (nSPS) is 20.6. The van der Waals surface area contributed by atoms with Gasteiger partial charge in [-0.1, -0.05) is 30.3 Å². The molecule has 98 valence electrons. The van der Waals surface area contributed by atoms with E-state index < -0.39 is 6.10 Å². The molecule has 0 bridgehead atoms. The zero-order chi connectivity index (χ0) is 12.8. The van der Waals surface area contributed by atoms with E-state index >= 15 is 0 Å². The third kappa shape index (κ3) is 3.55. The second kappa shape index (κ2) is 6.52. The van der Waals surface area contributed by atoms with Gasteiger partial charge in [0.05, 0.1) is 13.2 Å². The Balaban J connectivity index is 1.89. The fourth-order valence-electron chi connectivity index (χ4n) is 2.07. The molecule has 0 amide bonds. The number of benzene rings is 1. The largest absolute Gasteiger partial charge is 0.464 e. The van der Waals surface area contributed by atoms with Crippen LogP contribution in [-0.4, -0.2) is 43.3 Å². The molecule has 1 fully saturated rings. The highest BCUT2D eigenvalue weighted by Gasteiger charge is 2.27. The van der Waals surface area contributed by atoms with Gasteiger partial charge in [-0.15, -0.1) is 0 Å². The van der Waals surface area contributed by atoms with Crippen LogP contribution in [0.15, 0.2) is 30.3 Å². The number of rotatable bonds is 4. The summed E-state index contributed by atoms with van der Waals surface area (Å²) in [5.41, 5.74) is 1.25. The summed E-state index contributed by atoms with van der Waals surface area (Å²) >= 11 is 0. The first-order chi connectivity index (χ1) is 8.79. The molecule has 0 N–H and O–H groups in total. The highest BCUT2D eigenvalue weighted by Crippen LogP contribution is 2.11. The van der Waals surface area contributed by atoms with Crippen molar-refractivity contribution in [3.8, 4) is 0 Å². The molecule has 1 aromatic carbocycles. The van der Waals surface area contributed by atoms with Crippen LogP contribution in [0.4, 0.5) is 0 Å². The van der Waals surface area contributed by atoms with E-state index in [1.165, 1.54) is 5.56 Å². The quantitative estimate of drug-likeness (QED) is 0.757. The zero-order valence-corrected chi connectivity index (χ0v) is 10.7. The van der Waals surface area contributed by atoms with E-state index in [0.717, 1.165) is 13.1 Å². The molecule has 4 nitrogen and oxygen atoms in total. The lowest BCUT2D eigenvalue weighted by Crippen LogP contribution is -2.46. The zero-order valence-electron chi connectivity index (χ0n) is 10.7. The number of carbonyl (C=O) groups is 1. The summed E-state index contributed by atoms with van der Waals surface area (Å²) < 4.78 is 10.4. The molecule has 0 saturated carbocycles. The molecule has 0 unspecified atom stereocenters. The van der Waals surface area contributed by atoms with E-state index in [9.17, 15) is 4.79 Å². The highest BCUT2D eigenvalue weighted by molar-refractivity contribution is 5.75. The van der Waals surface area contributed by atoms with Gasteiger partial charge in [-0.2, -0.15) is 0 Å². The molecule has 1 atom stereocenters. The van der Waals surface area contributed by atoms with Gasteiger partial charge in [0, 0.05) is 19.6 Å². The molecule has 1 heterocycles. The molecular formula is C14H19NO3. The number of nitrogens with zero attached hydrogens (tertiary/aromatic N) is 1. The van der Waals surface area contributed by atoms with E-state index in [-0.39, 0.29) is 5.97 Å². The van der Waals surface area contributed by atoms with E-state index in [0.29, 0.717) is 19.8 Å². The van der Waals surface area contributed by atoms with Gasteiger partial charge in [-0.05, 0) is 12.5 Å². The molecule has 1 aliphatic rings. The predicted molar refractivity (Wildman–Crippen MR) is 68.1 cm³/mol. The Bertz CT molecular complexity index is 380. The number of carbonyl (C=O) groups excluding carboxylic acids is 1. The number of hydrogen-bond donors (Lipinski definition) is 0. The van der Waals surface area contributed by atoms with E-state index in [1.807, 2.05) is 25.1 Å². The summed E-state index contributed by atoms with van der Waals surface area (Å²) in [4.78, 5) is 13.8. The molecule has 0 aromatic heterocycles. The van der Waals surface area contributed by atoms with Crippen molar-refractivity contribution in [3.63, 3.8) is 0 Å².